The normalized spacial score (nSPS) is 16.8. The maximum atomic E-state index is 8.80. The van der Waals surface area contributed by atoms with Crippen molar-refractivity contribution in [1.82, 2.24) is 5.01 Å². The number of nitrogens with zero attached hydrogens (tertiary/aromatic N) is 2. The largest absolute Gasteiger partial charge is 0.379 e. The summed E-state index contributed by atoms with van der Waals surface area (Å²) in [6.45, 7) is 3.25. The SMILES string of the molecule is N#Cc1ccc(NN2CCOCC2)cc1Br. The zero-order valence-corrected chi connectivity index (χ0v) is 10.3. The Bertz CT molecular complexity index is 410. The lowest BCUT2D eigenvalue weighted by atomic mass is 10.2. The molecule has 0 radical (unpaired) electrons. The molecular formula is C11H12BrN3O. The highest BCUT2D eigenvalue weighted by atomic mass is 79.9. The fourth-order valence-corrected chi connectivity index (χ4v) is 2.00. The van der Waals surface area contributed by atoms with Crippen molar-refractivity contribution in [1.29, 1.82) is 5.26 Å². The van der Waals surface area contributed by atoms with Gasteiger partial charge in [0.1, 0.15) is 6.07 Å². The summed E-state index contributed by atoms with van der Waals surface area (Å²) in [6.07, 6.45) is 0. The molecule has 0 atom stereocenters. The molecule has 16 heavy (non-hydrogen) atoms. The third-order valence-electron chi connectivity index (χ3n) is 2.39. The van der Waals surface area contributed by atoms with Gasteiger partial charge in [0.2, 0.25) is 0 Å². The van der Waals surface area contributed by atoms with Gasteiger partial charge in [0.25, 0.3) is 0 Å². The predicted octanol–water partition coefficient (Wildman–Crippen LogP) is 1.98. The van der Waals surface area contributed by atoms with E-state index in [-0.39, 0.29) is 0 Å². The van der Waals surface area contributed by atoms with Crippen LogP contribution in [0.4, 0.5) is 5.69 Å². The average Bonchev–Trinajstić information content (AvgIpc) is 2.31. The lowest BCUT2D eigenvalue weighted by Crippen LogP contribution is -2.40. The van der Waals surface area contributed by atoms with E-state index < -0.39 is 0 Å². The Hall–Kier alpha value is -1.09. The van der Waals surface area contributed by atoms with Crippen LogP contribution in [-0.4, -0.2) is 31.3 Å². The molecule has 1 heterocycles. The standard InChI is InChI=1S/C11H12BrN3O/c12-11-7-10(2-1-9(11)8-13)14-15-3-5-16-6-4-15/h1-2,7,14H,3-6H2. The minimum atomic E-state index is 0.646. The van der Waals surface area contributed by atoms with Crippen LogP contribution < -0.4 is 5.43 Å². The summed E-state index contributed by atoms with van der Waals surface area (Å²) in [5.41, 5.74) is 4.91. The highest BCUT2D eigenvalue weighted by Gasteiger charge is 2.10. The average molecular weight is 282 g/mol. The van der Waals surface area contributed by atoms with Crippen molar-refractivity contribution in [2.24, 2.45) is 0 Å². The van der Waals surface area contributed by atoms with Crippen LogP contribution in [0.2, 0.25) is 0 Å². The molecule has 0 unspecified atom stereocenters. The first-order chi connectivity index (χ1) is 7.79. The monoisotopic (exact) mass is 281 g/mol. The van der Waals surface area contributed by atoms with Crippen molar-refractivity contribution >= 4 is 21.6 Å². The molecule has 0 aliphatic carbocycles. The molecule has 84 valence electrons. The molecular weight excluding hydrogens is 270 g/mol. The zero-order chi connectivity index (χ0) is 11.4. The van der Waals surface area contributed by atoms with Gasteiger partial charge in [-0.25, -0.2) is 5.01 Å². The second-order valence-electron chi connectivity index (χ2n) is 3.52. The first-order valence-corrected chi connectivity index (χ1v) is 5.88. The smallest absolute Gasteiger partial charge is 0.100 e. The van der Waals surface area contributed by atoms with Crippen LogP contribution in [0.1, 0.15) is 5.56 Å². The zero-order valence-electron chi connectivity index (χ0n) is 8.74. The Morgan fingerprint density at radius 3 is 2.75 bits per heavy atom. The number of halogens is 1. The quantitative estimate of drug-likeness (QED) is 0.901. The van der Waals surface area contributed by atoms with Crippen molar-refractivity contribution in [2.45, 2.75) is 0 Å². The first-order valence-electron chi connectivity index (χ1n) is 5.08. The number of nitrogens with one attached hydrogen (secondary N) is 1. The highest BCUT2D eigenvalue weighted by molar-refractivity contribution is 9.10. The number of rotatable bonds is 2. The minimum absolute atomic E-state index is 0.646. The van der Waals surface area contributed by atoms with Gasteiger partial charge in [-0.3, -0.25) is 0 Å². The second kappa shape index (κ2) is 5.30. The summed E-state index contributed by atoms with van der Waals surface area (Å²) >= 11 is 3.37. The molecule has 2 rings (SSSR count). The van der Waals surface area contributed by atoms with Crippen LogP contribution >= 0.6 is 15.9 Å². The maximum Gasteiger partial charge on any atom is 0.100 e. The van der Waals surface area contributed by atoms with Crippen LogP contribution in [0.3, 0.4) is 0 Å². The van der Waals surface area contributed by atoms with Crippen LogP contribution in [-0.2, 0) is 4.74 Å². The van der Waals surface area contributed by atoms with E-state index in [4.69, 9.17) is 10.00 Å². The molecule has 0 bridgehead atoms. The van der Waals surface area contributed by atoms with E-state index in [0.717, 1.165) is 36.5 Å². The van der Waals surface area contributed by atoms with E-state index in [9.17, 15) is 0 Å². The van der Waals surface area contributed by atoms with Gasteiger partial charge in [0, 0.05) is 17.6 Å². The highest BCUT2D eigenvalue weighted by Crippen LogP contribution is 2.21. The Balaban J connectivity index is 2.04. The molecule has 1 aliphatic rings. The van der Waals surface area contributed by atoms with Crippen molar-refractivity contribution in [3.63, 3.8) is 0 Å². The van der Waals surface area contributed by atoms with E-state index in [2.05, 4.69) is 32.4 Å². The lowest BCUT2D eigenvalue weighted by Gasteiger charge is -2.28. The molecule has 0 spiro atoms. The van der Waals surface area contributed by atoms with Gasteiger partial charge in [-0.1, -0.05) is 0 Å². The van der Waals surface area contributed by atoms with Crippen molar-refractivity contribution < 1.29 is 4.74 Å². The molecule has 1 aliphatic heterocycles. The van der Waals surface area contributed by atoms with Gasteiger partial charge < -0.3 is 10.2 Å². The van der Waals surface area contributed by atoms with E-state index >= 15 is 0 Å². The van der Waals surface area contributed by atoms with Gasteiger partial charge in [-0.2, -0.15) is 5.26 Å². The van der Waals surface area contributed by atoms with E-state index in [0.29, 0.717) is 5.56 Å². The fourth-order valence-electron chi connectivity index (χ4n) is 1.53. The van der Waals surface area contributed by atoms with E-state index in [1.54, 1.807) is 6.07 Å². The summed E-state index contributed by atoms with van der Waals surface area (Å²) in [5, 5.41) is 10.9. The Labute approximate surface area is 103 Å². The summed E-state index contributed by atoms with van der Waals surface area (Å²) < 4.78 is 6.08. The number of nitriles is 1. The number of morpholine rings is 1. The fraction of sp³-hybridized carbons (Fsp3) is 0.364. The molecule has 1 N–H and O–H groups in total. The van der Waals surface area contributed by atoms with Gasteiger partial charge in [-0.15, -0.1) is 0 Å². The second-order valence-corrected chi connectivity index (χ2v) is 4.37. The molecule has 1 aromatic rings. The Morgan fingerprint density at radius 1 is 1.38 bits per heavy atom. The predicted molar refractivity (Wildman–Crippen MR) is 64.9 cm³/mol. The molecule has 1 fully saturated rings. The molecule has 1 saturated heterocycles. The number of ether oxygens (including phenoxy) is 1. The van der Waals surface area contributed by atoms with Gasteiger partial charge in [0.05, 0.1) is 24.5 Å². The maximum absolute atomic E-state index is 8.80. The van der Waals surface area contributed by atoms with Crippen molar-refractivity contribution in [3.8, 4) is 6.07 Å². The molecule has 0 aromatic heterocycles. The lowest BCUT2D eigenvalue weighted by molar-refractivity contribution is 0.0497. The molecule has 1 aromatic carbocycles. The van der Waals surface area contributed by atoms with E-state index in [1.807, 2.05) is 12.1 Å². The summed E-state index contributed by atoms with van der Waals surface area (Å²) in [4.78, 5) is 0. The first kappa shape index (κ1) is 11.4. The number of hydrogen-bond acceptors (Lipinski definition) is 4. The molecule has 4 nitrogen and oxygen atoms in total. The van der Waals surface area contributed by atoms with Crippen LogP contribution in [0, 0.1) is 11.3 Å². The molecule has 0 amide bonds. The third kappa shape index (κ3) is 2.73. The summed E-state index contributed by atoms with van der Waals surface area (Å²) in [5.74, 6) is 0. The van der Waals surface area contributed by atoms with Gasteiger partial charge in [0.15, 0.2) is 0 Å². The van der Waals surface area contributed by atoms with Crippen LogP contribution in [0.5, 0.6) is 0 Å². The number of anilines is 1. The third-order valence-corrected chi connectivity index (χ3v) is 3.04. The Morgan fingerprint density at radius 2 is 2.12 bits per heavy atom. The summed E-state index contributed by atoms with van der Waals surface area (Å²) in [7, 11) is 0. The number of hydrazine groups is 1. The number of benzene rings is 1. The number of hydrogen-bond donors (Lipinski definition) is 1. The van der Waals surface area contributed by atoms with Gasteiger partial charge in [-0.05, 0) is 34.1 Å². The summed E-state index contributed by atoms with van der Waals surface area (Å²) in [6, 6.07) is 7.73. The van der Waals surface area contributed by atoms with Crippen molar-refractivity contribution in [3.05, 3.63) is 28.2 Å². The van der Waals surface area contributed by atoms with Crippen molar-refractivity contribution in [2.75, 3.05) is 31.7 Å². The molecule has 0 saturated carbocycles. The van der Waals surface area contributed by atoms with E-state index in [1.165, 1.54) is 0 Å². The minimum Gasteiger partial charge on any atom is -0.379 e. The topological polar surface area (TPSA) is 48.3 Å². The van der Waals surface area contributed by atoms with Crippen LogP contribution in [0.25, 0.3) is 0 Å². The molecule has 5 heteroatoms. The Kier molecular flexibility index (Phi) is 3.78. The van der Waals surface area contributed by atoms with Gasteiger partial charge >= 0.3 is 0 Å². The van der Waals surface area contributed by atoms with Crippen LogP contribution in [0.15, 0.2) is 22.7 Å².